The fourth-order valence-electron chi connectivity index (χ4n) is 6.01. The van der Waals surface area contributed by atoms with Gasteiger partial charge in [-0.2, -0.15) is 0 Å². The topological polar surface area (TPSA) is 33.7 Å². The number of piperidine rings is 3. The summed E-state index contributed by atoms with van der Waals surface area (Å²) < 4.78 is 11.5. The highest BCUT2D eigenvalue weighted by molar-refractivity contribution is 5.44. The molecule has 1 N–H and O–H groups in total. The molecule has 0 saturated carbocycles. The van der Waals surface area contributed by atoms with Crippen LogP contribution in [0.25, 0.3) is 0 Å². The molecule has 3 aromatic rings. The Balaban J connectivity index is 1.53. The van der Waals surface area contributed by atoms with Gasteiger partial charge in [-0.05, 0) is 49.5 Å². The van der Waals surface area contributed by atoms with Crippen molar-refractivity contribution in [3.8, 4) is 11.5 Å². The number of hydrogen-bond acceptors (Lipinski definition) is 4. The van der Waals surface area contributed by atoms with Crippen LogP contribution in [-0.4, -0.2) is 44.3 Å². The monoisotopic (exact) mass is 442 g/mol. The lowest BCUT2D eigenvalue weighted by Crippen LogP contribution is -2.64. The number of hydrogen-bond donors (Lipinski definition) is 1. The quantitative estimate of drug-likeness (QED) is 0.527. The summed E-state index contributed by atoms with van der Waals surface area (Å²) in [6, 6.07) is 28.6. The SMILES string of the molecule is COc1ccccc1CN[C@@H]1C2CCN(CC2)[C@H]1C(c1ccccc1)c1ccccc1OC. The molecular weight excluding hydrogens is 408 g/mol. The third kappa shape index (κ3) is 4.38. The number of para-hydroxylation sites is 2. The molecule has 3 saturated heterocycles. The van der Waals surface area contributed by atoms with Gasteiger partial charge in [-0.15, -0.1) is 0 Å². The summed E-state index contributed by atoms with van der Waals surface area (Å²) in [5.74, 6) is 2.83. The summed E-state index contributed by atoms with van der Waals surface area (Å²) in [5.41, 5.74) is 3.83. The zero-order valence-corrected chi connectivity index (χ0v) is 19.6. The van der Waals surface area contributed by atoms with Crippen LogP contribution >= 0.6 is 0 Å². The third-order valence-electron chi connectivity index (χ3n) is 7.57. The number of nitrogens with zero attached hydrogens (tertiary/aromatic N) is 1. The van der Waals surface area contributed by atoms with Crippen molar-refractivity contribution in [2.75, 3.05) is 27.3 Å². The molecule has 3 heterocycles. The van der Waals surface area contributed by atoms with E-state index in [-0.39, 0.29) is 5.92 Å². The summed E-state index contributed by atoms with van der Waals surface area (Å²) in [4.78, 5) is 2.71. The lowest BCUT2D eigenvalue weighted by molar-refractivity contribution is 0.00435. The second kappa shape index (κ2) is 9.98. The second-order valence-corrected chi connectivity index (χ2v) is 9.21. The molecule has 0 aliphatic carbocycles. The predicted octanol–water partition coefficient (Wildman–Crippen LogP) is 5.09. The molecule has 33 heavy (non-hydrogen) atoms. The summed E-state index contributed by atoms with van der Waals surface area (Å²) in [5, 5.41) is 3.99. The van der Waals surface area contributed by atoms with Crippen molar-refractivity contribution in [2.45, 2.75) is 37.4 Å². The van der Waals surface area contributed by atoms with Gasteiger partial charge in [0.05, 0.1) is 14.2 Å². The first kappa shape index (κ1) is 22.0. The van der Waals surface area contributed by atoms with Crippen molar-refractivity contribution in [1.82, 2.24) is 10.2 Å². The Bertz CT molecular complexity index is 1050. The molecule has 3 aliphatic heterocycles. The smallest absolute Gasteiger partial charge is 0.123 e. The van der Waals surface area contributed by atoms with E-state index < -0.39 is 0 Å². The Morgan fingerprint density at radius 3 is 2.18 bits per heavy atom. The van der Waals surface area contributed by atoms with Crippen molar-refractivity contribution < 1.29 is 9.47 Å². The Labute approximate surface area is 197 Å². The molecule has 6 rings (SSSR count). The Morgan fingerprint density at radius 2 is 1.45 bits per heavy atom. The molecule has 4 heteroatoms. The number of ether oxygens (including phenoxy) is 2. The van der Waals surface area contributed by atoms with E-state index >= 15 is 0 Å². The van der Waals surface area contributed by atoms with Crippen LogP contribution in [0.2, 0.25) is 0 Å². The standard InChI is InChI=1S/C29H34N2O2/c1-32-25-14-8-6-12-23(25)20-30-28-22-16-18-31(19-17-22)29(28)27(21-10-4-3-5-11-21)24-13-7-9-15-26(24)33-2/h3-15,22,27-30H,16-20H2,1-2H3/t27?,28-,29+/m1/s1. The zero-order valence-electron chi connectivity index (χ0n) is 19.6. The number of fused-ring (bicyclic) bond motifs is 3. The molecule has 0 radical (unpaired) electrons. The molecule has 4 nitrogen and oxygen atoms in total. The molecule has 2 bridgehead atoms. The summed E-state index contributed by atoms with van der Waals surface area (Å²) in [6.07, 6.45) is 2.51. The Hall–Kier alpha value is -2.82. The first-order valence-electron chi connectivity index (χ1n) is 12.1. The lowest BCUT2D eigenvalue weighted by atomic mass is 9.70. The first-order chi connectivity index (χ1) is 16.3. The van der Waals surface area contributed by atoms with Crippen LogP contribution < -0.4 is 14.8 Å². The van der Waals surface area contributed by atoms with Gasteiger partial charge in [-0.3, -0.25) is 4.90 Å². The molecule has 3 aromatic carbocycles. The maximum absolute atomic E-state index is 5.86. The van der Waals surface area contributed by atoms with E-state index in [1.54, 1.807) is 14.2 Å². The van der Waals surface area contributed by atoms with E-state index in [0.717, 1.165) is 18.0 Å². The van der Waals surface area contributed by atoms with E-state index in [2.05, 4.69) is 76.9 Å². The number of rotatable bonds is 8. The van der Waals surface area contributed by atoms with Crippen molar-refractivity contribution in [2.24, 2.45) is 5.92 Å². The van der Waals surface area contributed by atoms with Gasteiger partial charge in [0.15, 0.2) is 0 Å². The van der Waals surface area contributed by atoms with E-state index in [9.17, 15) is 0 Å². The Morgan fingerprint density at radius 1 is 0.818 bits per heavy atom. The van der Waals surface area contributed by atoms with Crippen LogP contribution in [0.3, 0.4) is 0 Å². The van der Waals surface area contributed by atoms with Crippen LogP contribution in [0.5, 0.6) is 11.5 Å². The van der Waals surface area contributed by atoms with Gasteiger partial charge in [0.25, 0.3) is 0 Å². The van der Waals surface area contributed by atoms with Crippen LogP contribution in [-0.2, 0) is 6.54 Å². The molecule has 3 atom stereocenters. The van der Waals surface area contributed by atoms with Crippen molar-refractivity contribution in [1.29, 1.82) is 0 Å². The van der Waals surface area contributed by atoms with Crippen LogP contribution in [0.15, 0.2) is 78.9 Å². The lowest BCUT2D eigenvalue weighted by Gasteiger charge is -2.54. The van der Waals surface area contributed by atoms with Crippen molar-refractivity contribution in [3.63, 3.8) is 0 Å². The van der Waals surface area contributed by atoms with Gasteiger partial charge in [0.2, 0.25) is 0 Å². The van der Waals surface area contributed by atoms with Crippen LogP contribution in [0.4, 0.5) is 0 Å². The van der Waals surface area contributed by atoms with Crippen LogP contribution in [0.1, 0.15) is 35.4 Å². The molecular formula is C29H34N2O2. The fourth-order valence-corrected chi connectivity index (χ4v) is 6.01. The minimum Gasteiger partial charge on any atom is -0.496 e. The zero-order chi connectivity index (χ0) is 22.6. The number of methoxy groups -OCH3 is 2. The summed E-state index contributed by atoms with van der Waals surface area (Å²) >= 11 is 0. The predicted molar refractivity (Wildman–Crippen MR) is 133 cm³/mol. The summed E-state index contributed by atoms with van der Waals surface area (Å²) in [7, 11) is 3.54. The van der Waals surface area contributed by atoms with Gasteiger partial charge in [0.1, 0.15) is 11.5 Å². The minimum absolute atomic E-state index is 0.237. The molecule has 0 spiro atoms. The average Bonchev–Trinajstić information content (AvgIpc) is 2.90. The average molecular weight is 443 g/mol. The third-order valence-corrected chi connectivity index (χ3v) is 7.57. The Kier molecular flexibility index (Phi) is 6.65. The second-order valence-electron chi connectivity index (χ2n) is 9.21. The fraction of sp³-hybridized carbons (Fsp3) is 0.379. The van der Waals surface area contributed by atoms with Crippen LogP contribution in [0, 0.1) is 5.92 Å². The van der Waals surface area contributed by atoms with E-state index in [1.807, 2.05) is 12.1 Å². The van der Waals surface area contributed by atoms with Gasteiger partial charge in [-0.1, -0.05) is 66.7 Å². The maximum Gasteiger partial charge on any atom is 0.123 e. The van der Waals surface area contributed by atoms with E-state index in [0.29, 0.717) is 18.0 Å². The number of nitrogens with one attached hydrogen (secondary N) is 1. The highest BCUT2D eigenvalue weighted by Gasteiger charge is 2.46. The molecule has 3 aliphatic rings. The molecule has 0 amide bonds. The number of benzene rings is 3. The van der Waals surface area contributed by atoms with Gasteiger partial charge < -0.3 is 14.8 Å². The maximum atomic E-state index is 5.86. The highest BCUT2D eigenvalue weighted by atomic mass is 16.5. The van der Waals surface area contributed by atoms with Gasteiger partial charge >= 0.3 is 0 Å². The normalized spacial score (nSPS) is 24.9. The van der Waals surface area contributed by atoms with E-state index in [4.69, 9.17) is 9.47 Å². The molecule has 0 aromatic heterocycles. The molecule has 1 unspecified atom stereocenters. The molecule has 3 fully saturated rings. The van der Waals surface area contributed by atoms with E-state index in [1.165, 1.54) is 42.6 Å². The summed E-state index contributed by atoms with van der Waals surface area (Å²) in [6.45, 7) is 3.14. The highest BCUT2D eigenvalue weighted by Crippen LogP contribution is 2.44. The minimum atomic E-state index is 0.237. The van der Waals surface area contributed by atoms with Crippen molar-refractivity contribution in [3.05, 3.63) is 95.6 Å². The largest absolute Gasteiger partial charge is 0.496 e. The first-order valence-corrected chi connectivity index (χ1v) is 12.1. The van der Waals surface area contributed by atoms with Gasteiger partial charge in [-0.25, -0.2) is 0 Å². The van der Waals surface area contributed by atoms with Gasteiger partial charge in [0, 0.05) is 35.7 Å². The van der Waals surface area contributed by atoms with Crippen molar-refractivity contribution >= 4 is 0 Å². The molecule has 172 valence electrons.